The number of carbonyl (C=O) groups excluding carboxylic acids is 1. The molecule has 0 aliphatic carbocycles. The molecule has 0 heterocycles. The Labute approximate surface area is 98.7 Å². The second-order valence-electron chi connectivity index (χ2n) is 3.46. The summed E-state index contributed by atoms with van der Waals surface area (Å²) in [6, 6.07) is 7.85. The van der Waals surface area contributed by atoms with Gasteiger partial charge < -0.3 is 4.90 Å². The van der Waals surface area contributed by atoms with E-state index in [1.165, 1.54) is 0 Å². The Kier molecular flexibility index (Phi) is 4.09. The van der Waals surface area contributed by atoms with E-state index in [9.17, 15) is 4.79 Å². The predicted molar refractivity (Wildman–Crippen MR) is 67.3 cm³/mol. The Balaban J connectivity index is 2.98. The summed E-state index contributed by atoms with van der Waals surface area (Å²) in [5, 5.41) is 0. The summed E-state index contributed by atoms with van der Waals surface area (Å²) in [6.07, 6.45) is 0. The van der Waals surface area contributed by atoms with Crippen LogP contribution in [0.5, 0.6) is 0 Å². The van der Waals surface area contributed by atoms with Crippen LogP contribution in [-0.2, 0) is 4.79 Å². The van der Waals surface area contributed by atoms with Crippen molar-refractivity contribution in [3.63, 3.8) is 0 Å². The molecule has 0 saturated carbocycles. The first-order chi connectivity index (χ1) is 7.00. The summed E-state index contributed by atoms with van der Waals surface area (Å²) in [4.78, 5) is 13.1. The molecule has 0 N–H and O–H groups in total. The van der Waals surface area contributed by atoms with E-state index in [-0.39, 0.29) is 5.91 Å². The SMILES string of the molecule is C=C(Br)CN(C(C)=O)c1cccc(C)c1. The summed E-state index contributed by atoms with van der Waals surface area (Å²) in [5.74, 6) is 0.0150. The lowest BCUT2D eigenvalue weighted by molar-refractivity contribution is -0.116. The van der Waals surface area contributed by atoms with Crippen molar-refractivity contribution in [2.45, 2.75) is 13.8 Å². The third-order valence-electron chi connectivity index (χ3n) is 2.02. The number of aryl methyl sites for hydroxylation is 1. The zero-order valence-corrected chi connectivity index (χ0v) is 10.5. The standard InChI is InChI=1S/C12H14BrNO/c1-9-5-4-6-12(7-9)14(11(3)15)8-10(2)13/h4-7H,2,8H2,1,3H3. The Morgan fingerprint density at radius 2 is 2.20 bits per heavy atom. The van der Waals surface area contributed by atoms with Crippen molar-refractivity contribution in [2.24, 2.45) is 0 Å². The van der Waals surface area contributed by atoms with E-state index >= 15 is 0 Å². The van der Waals surface area contributed by atoms with Crippen LogP contribution in [0.2, 0.25) is 0 Å². The van der Waals surface area contributed by atoms with E-state index < -0.39 is 0 Å². The number of hydrogen-bond donors (Lipinski definition) is 0. The molecule has 15 heavy (non-hydrogen) atoms. The van der Waals surface area contributed by atoms with Gasteiger partial charge in [-0.3, -0.25) is 4.79 Å². The first kappa shape index (κ1) is 12.0. The van der Waals surface area contributed by atoms with Gasteiger partial charge in [0.25, 0.3) is 0 Å². The van der Waals surface area contributed by atoms with Gasteiger partial charge in [-0.25, -0.2) is 0 Å². The van der Waals surface area contributed by atoms with Gasteiger partial charge in [0.2, 0.25) is 5.91 Å². The molecule has 0 aliphatic heterocycles. The summed E-state index contributed by atoms with van der Waals surface area (Å²) in [6.45, 7) is 7.81. The van der Waals surface area contributed by atoms with Crippen molar-refractivity contribution < 1.29 is 4.79 Å². The van der Waals surface area contributed by atoms with Crippen LogP contribution >= 0.6 is 15.9 Å². The largest absolute Gasteiger partial charge is 0.308 e. The average Bonchev–Trinajstić information content (AvgIpc) is 2.13. The fraction of sp³-hybridized carbons (Fsp3) is 0.250. The molecule has 0 saturated heterocycles. The number of amides is 1. The first-order valence-electron chi connectivity index (χ1n) is 4.69. The highest BCUT2D eigenvalue weighted by Gasteiger charge is 2.11. The van der Waals surface area contributed by atoms with Gasteiger partial charge in [-0.2, -0.15) is 0 Å². The number of anilines is 1. The van der Waals surface area contributed by atoms with Gasteiger partial charge in [0.15, 0.2) is 0 Å². The van der Waals surface area contributed by atoms with Gasteiger partial charge in [-0.05, 0) is 24.6 Å². The van der Waals surface area contributed by atoms with E-state index in [1.807, 2.05) is 31.2 Å². The number of rotatable bonds is 3. The first-order valence-corrected chi connectivity index (χ1v) is 5.48. The van der Waals surface area contributed by atoms with E-state index in [4.69, 9.17) is 0 Å². The van der Waals surface area contributed by atoms with Crippen molar-refractivity contribution in [2.75, 3.05) is 11.4 Å². The summed E-state index contributed by atoms with van der Waals surface area (Å²) < 4.78 is 0.791. The minimum absolute atomic E-state index is 0.0150. The molecule has 0 aliphatic rings. The van der Waals surface area contributed by atoms with Crippen LogP contribution in [-0.4, -0.2) is 12.5 Å². The third-order valence-corrected chi connectivity index (χ3v) is 2.27. The molecule has 0 unspecified atom stereocenters. The smallest absolute Gasteiger partial charge is 0.224 e. The van der Waals surface area contributed by atoms with Gasteiger partial charge in [0.1, 0.15) is 0 Å². The van der Waals surface area contributed by atoms with E-state index in [1.54, 1.807) is 11.8 Å². The second kappa shape index (κ2) is 5.12. The zero-order valence-electron chi connectivity index (χ0n) is 8.96. The van der Waals surface area contributed by atoms with Crippen molar-refractivity contribution in [3.05, 3.63) is 40.9 Å². The Bertz CT molecular complexity index is 387. The molecule has 80 valence electrons. The minimum Gasteiger partial charge on any atom is -0.308 e. The summed E-state index contributed by atoms with van der Waals surface area (Å²) >= 11 is 3.27. The summed E-state index contributed by atoms with van der Waals surface area (Å²) in [7, 11) is 0. The van der Waals surface area contributed by atoms with Crippen molar-refractivity contribution in [3.8, 4) is 0 Å². The molecule has 1 aromatic carbocycles. The fourth-order valence-corrected chi connectivity index (χ4v) is 1.60. The Morgan fingerprint density at radius 1 is 1.53 bits per heavy atom. The lowest BCUT2D eigenvalue weighted by Crippen LogP contribution is -2.29. The lowest BCUT2D eigenvalue weighted by Gasteiger charge is -2.21. The zero-order chi connectivity index (χ0) is 11.4. The predicted octanol–water partition coefficient (Wildman–Crippen LogP) is 3.26. The van der Waals surface area contributed by atoms with Crippen molar-refractivity contribution in [1.29, 1.82) is 0 Å². The molecule has 0 atom stereocenters. The maximum Gasteiger partial charge on any atom is 0.224 e. The van der Waals surface area contributed by atoms with Gasteiger partial charge in [-0.1, -0.05) is 34.6 Å². The van der Waals surface area contributed by atoms with Gasteiger partial charge in [0, 0.05) is 17.1 Å². The fourth-order valence-electron chi connectivity index (χ4n) is 1.35. The maximum atomic E-state index is 11.5. The minimum atomic E-state index is 0.0150. The number of halogens is 1. The number of nitrogens with zero attached hydrogens (tertiary/aromatic N) is 1. The van der Waals surface area contributed by atoms with Crippen LogP contribution < -0.4 is 4.90 Å². The number of hydrogen-bond acceptors (Lipinski definition) is 1. The quantitative estimate of drug-likeness (QED) is 0.824. The van der Waals surface area contributed by atoms with E-state index in [0.29, 0.717) is 6.54 Å². The third kappa shape index (κ3) is 3.51. The van der Waals surface area contributed by atoms with E-state index in [0.717, 1.165) is 15.7 Å². The molecule has 1 rings (SSSR count). The number of benzene rings is 1. The highest BCUT2D eigenvalue weighted by atomic mass is 79.9. The van der Waals surface area contributed by atoms with E-state index in [2.05, 4.69) is 22.5 Å². The number of carbonyl (C=O) groups is 1. The molecule has 0 aromatic heterocycles. The molecule has 0 radical (unpaired) electrons. The van der Waals surface area contributed by atoms with Crippen LogP contribution in [0.25, 0.3) is 0 Å². The molecular weight excluding hydrogens is 254 g/mol. The van der Waals surface area contributed by atoms with Crippen molar-refractivity contribution in [1.82, 2.24) is 0 Å². The molecule has 0 spiro atoms. The summed E-state index contributed by atoms with van der Waals surface area (Å²) in [5.41, 5.74) is 2.04. The molecule has 0 bridgehead atoms. The Hall–Kier alpha value is -1.09. The topological polar surface area (TPSA) is 20.3 Å². The molecule has 0 fully saturated rings. The molecule has 1 amide bonds. The van der Waals surface area contributed by atoms with Crippen LogP contribution in [0.15, 0.2) is 35.3 Å². The average molecular weight is 268 g/mol. The van der Waals surface area contributed by atoms with Crippen LogP contribution in [0.3, 0.4) is 0 Å². The highest BCUT2D eigenvalue weighted by Crippen LogP contribution is 2.18. The second-order valence-corrected chi connectivity index (χ2v) is 4.58. The molecule has 3 heteroatoms. The lowest BCUT2D eigenvalue weighted by atomic mass is 10.2. The highest BCUT2D eigenvalue weighted by molar-refractivity contribution is 9.11. The molecule has 1 aromatic rings. The van der Waals surface area contributed by atoms with Crippen LogP contribution in [0, 0.1) is 6.92 Å². The van der Waals surface area contributed by atoms with Crippen molar-refractivity contribution >= 4 is 27.5 Å². The van der Waals surface area contributed by atoms with Crippen LogP contribution in [0.4, 0.5) is 5.69 Å². The molecule has 2 nitrogen and oxygen atoms in total. The van der Waals surface area contributed by atoms with Gasteiger partial charge >= 0.3 is 0 Å². The van der Waals surface area contributed by atoms with Crippen LogP contribution in [0.1, 0.15) is 12.5 Å². The van der Waals surface area contributed by atoms with Gasteiger partial charge in [-0.15, -0.1) is 0 Å². The monoisotopic (exact) mass is 267 g/mol. The molecular formula is C12H14BrNO. The Morgan fingerprint density at radius 3 is 2.67 bits per heavy atom. The van der Waals surface area contributed by atoms with Gasteiger partial charge in [0.05, 0.1) is 6.54 Å². The normalized spacial score (nSPS) is 9.80. The maximum absolute atomic E-state index is 11.5.